The molecule has 0 aliphatic carbocycles. The summed E-state index contributed by atoms with van der Waals surface area (Å²) in [4.78, 5) is 16.7. The van der Waals surface area contributed by atoms with Crippen LogP contribution in [-0.4, -0.2) is 39.3 Å². The van der Waals surface area contributed by atoms with E-state index in [4.69, 9.17) is 40.2 Å². The van der Waals surface area contributed by atoms with Gasteiger partial charge in [-0.1, -0.05) is 65.8 Å². The van der Waals surface area contributed by atoms with Crippen molar-refractivity contribution in [3.05, 3.63) is 91.6 Å². The van der Waals surface area contributed by atoms with Crippen LogP contribution in [0.1, 0.15) is 60.7 Å². The zero-order valence-electron chi connectivity index (χ0n) is 21.5. The first-order valence-electron chi connectivity index (χ1n) is 12.6. The lowest BCUT2D eigenvalue weighted by molar-refractivity contribution is -0.192. The summed E-state index contributed by atoms with van der Waals surface area (Å²) >= 11 is 20.0. The first kappa shape index (κ1) is 29.0. The van der Waals surface area contributed by atoms with E-state index in [2.05, 4.69) is 21.7 Å². The summed E-state index contributed by atoms with van der Waals surface area (Å²) in [6.07, 6.45) is 1.90. The summed E-state index contributed by atoms with van der Waals surface area (Å²) in [6.45, 7) is 4.26. The summed E-state index contributed by atoms with van der Waals surface area (Å²) in [5.41, 5.74) is 3.30. The first-order valence-corrected chi connectivity index (χ1v) is 14.7. The number of nitrogens with zero attached hydrogens (tertiary/aromatic N) is 1. The second-order valence-electron chi connectivity index (χ2n) is 9.97. The standard InChI is InChI=1S/C29H32Cl2N2O3S2/c1-29(2,35)36-26(28(37)33-12-6-11-25(33)21-8-5-9-22(30)15-21)16-27(34)32-17-23-14-19(18-38-23)13-20-7-3-4-10-24(20)31/h3-5,7-10,14-15,18,25-26,35H,6,11-13,16-17H2,1-2H3,(H,32,34)/t25?,26-/m1/s1. The fraction of sp³-hybridized carbons (Fsp3) is 0.379. The van der Waals surface area contributed by atoms with Gasteiger partial charge in [0, 0.05) is 21.5 Å². The Morgan fingerprint density at radius 3 is 2.76 bits per heavy atom. The van der Waals surface area contributed by atoms with Crippen LogP contribution in [0.25, 0.3) is 0 Å². The number of rotatable bonds is 10. The van der Waals surface area contributed by atoms with Crippen molar-refractivity contribution in [2.24, 2.45) is 0 Å². The van der Waals surface area contributed by atoms with Gasteiger partial charge in [-0.2, -0.15) is 0 Å². The van der Waals surface area contributed by atoms with Gasteiger partial charge < -0.3 is 20.1 Å². The minimum Gasteiger partial charge on any atom is -0.366 e. The van der Waals surface area contributed by atoms with Crippen LogP contribution in [0.4, 0.5) is 0 Å². The number of benzene rings is 2. The van der Waals surface area contributed by atoms with Crippen LogP contribution in [0.5, 0.6) is 0 Å². The number of aliphatic hydroxyl groups is 1. The maximum Gasteiger partial charge on any atom is 0.223 e. The fourth-order valence-electron chi connectivity index (χ4n) is 4.70. The van der Waals surface area contributed by atoms with Gasteiger partial charge in [0.2, 0.25) is 5.91 Å². The lowest BCUT2D eigenvalue weighted by Gasteiger charge is -2.34. The van der Waals surface area contributed by atoms with Crippen LogP contribution < -0.4 is 5.32 Å². The molecule has 4 rings (SSSR count). The molecule has 9 heteroatoms. The molecule has 1 aliphatic rings. The molecule has 2 aromatic carbocycles. The highest BCUT2D eigenvalue weighted by atomic mass is 35.5. The zero-order chi connectivity index (χ0) is 27.3. The van der Waals surface area contributed by atoms with Crippen molar-refractivity contribution in [3.8, 4) is 0 Å². The molecule has 1 amide bonds. The van der Waals surface area contributed by atoms with E-state index in [9.17, 15) is 9.90 Å². The number of halogens is 2. The second kappa shape index (κ2) is 12.9. The van der Waals surface area contributed by atoms with E-state index in [0.717, 1.165) is 52.4 Å². The van der Waals surface area contributed by atoms with Crippen molar-refractivity contribution >= 4 is 57.7 Å². The Balaban J connectivity index is 1.38. The van der Waals surface area contributed by atoms with Gasteiger partial charge in [-0.3, -0.25) is 4.79 Å². The monoisotopic (exact) mass is 590 g/mol. The average Bonchev–Trinajstić information content (AvgIpc) is 3.52. The summed E-state index contributed by atoms with van der Waals surface area (Å²) in [5.74, 6) is -1.64. The molecule has 38 heavy (non-hydrogen) atoms. The van der Waals surface area contributed by atoms with Crippen molar-refractivity contribution in [3.63, 3.8) is 0 Å². The average molecular weight is 592 g/mol. The van der Waals surface area contributed by atoms with E-state index in [1.54, 1.807) is 25.2 Å². The van der Waals surface area contributed by atoms with Gasteiger partial charge in [0.25, 0.3) is 0 Å². The number of likely N-dealkylation sites (tertiary alicyclic amines) is 1. The Labute approximate surface area is 243 Å². The van der Waals surface area contributed by atoms with Crippen LogP contribution in [0, 0.1) is 0 Å². The van der Waals surface area contributed by atoms with Crippen molar-refractivity contribution in [2.45, 2.75) is 64.0 Å². The van der Waals surface area contributed by atoms with E-state index in [1.165, 1.54) is 0 Å². The highest BCUT2D eigenvalue weighted by Crippen LogP contribution is 2.35. The summed E-state index contributed by atoms with van der Waals surface area (Å²) in [7, 11) is 0. The Morgan fingerprint density at radius 1 is 1.24 bits per heavy atom. The molecule has 0 saturated carbocycles. The minimum atomic E-state index is -1.44. The predicted molar refractivity (Wildman–Crippen MR) is 159 cm³/mol. The molecule has 1 fully saturated rings. The number of amides is 1. The highest BCUT2D eigenvalue weighted by Gasteiger charge is 2.35. The zero-order valence-corrected chi connectivity index (χ0v) is 24.6. The van der Waals surface area contributed by atoms with Gasteiger partial charge >= 0.3 is 0 Å². The van der Waals surface area contributed by atoms with Crippen LogP contribution in [0.2, 0.25) is 10.0 Å². The molecule has 1 unspecified atom stereocenters. The van der Waals surface area contributed by atoms with Crippen LogP contribution in [0.15, 0.2) is 60.0 Å². The molecular formula is C29H32Cl2N2O3S2. The van der Waals surface area contributed by atoms with E-state index in [0.29, 0.717) is 16.6 Å². The molecular weight excluding hydrogens is 559 g/mol. The smallest absolute Gasteiger partial charge is 0.223 e. The minimum absolute atomic E-state index is 0.0133. The molecule has 1 aromatic heterocycles. The van der Waals surface area contributed by atoms with Gasteiger partial charge in [-0.25, -0.2) is 0 Å². The molecule has 202 valence electrons. The largest absolute Gasteiger partial charge is 0.366 e. The Hall–Kier alpha value is -2.00. The lowest BCUT2D eigenvalue weighted by Crippen LogP contribution is -2.45. The molecule has 3 aromatic rings. The Morgan fingerprint density at radius 2 is 2.03 bits per heavy atom. The molecule has 2 atom stereocenters. The molecule has 0 bridgehead atoms. The second-order valence-corrected chi connectivity index (χ2v) is 12.2. The third-order valence-electron chi connectivity index (χ3n) is 6.37. The molecule has 1 aliphatic heterocycles. The van der Waals surface area contributed by atoms with E-state index < -0.39 is 11.9 Å². The number of carbonyl (C=O) groups is 1. The summed E-state index contributed by atoms with van der Waals surface area (Å²) in [6, 6.07) is 17.7. The highest BCUT2D eigenvalue weighted by molar-refractivity contribution is 7.80. The number of ether oxygens (including phenoxy) is 1. The first-order chi connectivity index (χ1) is 18.1. The van der Waals surface area contributed by atoms with Crippen LogP contribution in [0.3, 0.4) is 0 Å². The fourth-order valence-corrected chi connectivity index (χ4v) is 6.28. The third kappa shape index (κ3) is 8.01. The number of hydrogen-bond acceptors (Lipinski definition) is 5. The van der Waals surface area contributed by atoms with E-state index in [-0.39, 0.29) is 18.4 Å². The maximum atomic E-state index is 13.0. The number of hydrogen-bond donors (Lipinski definition) is 2. The molecule has 0 spiro atoms. The van der Waals surface area contributed by atoms with Gasteiger partial charge in [0.05, 0.1) is 19.0 Å². The quantitative estimate of drug-likeness (QED) is 0.198. The number of thiocarbonyl (C=S) groups is 1. The number of thiophene rings is 1. The van der Waals surface area contributed by atoms with Crippen molar-refractivity contribution in [2.75, 3.05) is 6.54 Å². The van der Waals surface area contributed by atoms with Gasteiger partial charge in [0.15, 0.2) is 5.79 Å². The van der Waals surface area contributed by atoms with Crippen LogP contribution in [-0.2, 0) is 22.5 Å². The van der Waals surface area contributed by atoms with Gasteiger partial charge in [-0.15, -0.1) is 11.3 Å². The molecule has 0 radical (unpaired) electrons. The summed E-state index contributed by atoms with van der Waals surface area (Å²) in [5, 5.41) is 16.9. The van der Waals surface area contributed by atoms with Gasteiger partial charge in [-0.05, 0) is 79.4 Å². The topological polar surface area (TPSA) is 61.8 Å². The van der Waals surface area contributed by atoms with E-state index in [1.807, 2.05) is 48.5 Å². The van der Waals surface area contributed by atoms with Crippen molar-refractivity contribution in [1.29, 1.82) is 0 Å². The van der Waals surface area contributed by atoms with E-state index >= 15 is 0 Å². The van der Waals surface area contributed by atoms with Crippen molar-refractivity contribution in [1.82, 2.24) is 10.2 Å². The molecule has 2 N–H and O–H groups in total. The normalized spacial score (nSPS) is 16.4. The molecule has 5 nitrogen and oxygen atoms in total. The lowest BCUT2D eigenvalue weighted by atomic mass is 10.0. The van der Waals surface area contributed by atoms with Crippen molar-refractivity contribution < 1.29 is 14.6 Å². The Kier molecular flexibility index (Phi) is 9.84. The number of nitrogens with one attached hydrogen (secondary N) is 1. The maximum absolute atomic E-state index is 13.0. The van der Waals surface area contributed by atoms with Crippen LogP contribution >= 0.6 is 46.8 Å². The predicted octanol–water partition coefficient (Wildman–Crippen LogP) is 6.93. The SMILES string of the molecule is CC(C)(O)O[C@H](CC(=O)NCc1cc(Cc2ccccc2Cl)cs1)C(=S)N1CCCC1c1cccc(Cl)c1. The number of carbonyl (C=O) groups excluding carboxylic acids is 1. The Bertz CT molecular complexity index is 1270. The third-order valence-corrected chi connectivity index (χ3v) is 8.45. The molecule has 1 saturated heterocycles. The van der Waals surface area contributed by atoms with Gasteiger partial charge in [0.1, 0.15) is 11.1 Å². The summed E-state index contributed by atoms with van der Waals surface area (Å²) < 4.78 is 5.90. The molecule has 2 heterocycles.